The number of amides is 1. The number of benzene rings is 2. The summed E-state index contributed by atoms with van der Waals surface area (Å²) in [4.78, 5) is 12.2. The SMILES string of the molecule is O=C(/C=C/c1ccc(Br)cc1)N[C@@H]1CCCc2ccccc21. The van der Waals surface area contributed by atoms with Crippen LogP contribution < -0.4 is 5.32 Å². The summed E-state index contributed by atoms with van der Waals surface area (Å²) < 4.78 is 1.04. The van der Waals surface area contributed by atoms with E-state index in [2.05, 4.69) is 39.4 Å². The van der Waals surface area contributed by atoms with Crippen molar-refractivity contribution >= 4 is 27.9 Å². The number of fused-ring (bicyclic) bond motifs is 1. The Bertz CT molecular complexity index is 691. The van der Waals surface area contributed by atoms with Gasteiger partial charge in [-0.15, -0.1) is 0 Å². The van der Waals surface area contributed by atoms with E-state index >= 15 is 0 Å². The number of hydrogen-bond donors (Lipinski definition) is 1. The molecule has 2 nitrogen and oxygen atoms in total. The van der Waals surface area contributed by atoms with Crippen molar-refractivity contribution in [3.8, 4) is 0 Å². The highest BCUT2D eigenvalue weighted by Crippen LogP contribution is 2.29. The molecule has 1 aliphatic carbocycles. The van der Waals surface area contributed by atoms with Crippen molar-refractivity contribution in [2.24, 2.45) is 0 Å². The second-order valence-electron chi connectivity index (χ2n) is 5.54. The molecule has 0 saturated carbocycles. The molecule has 22 heavy (non-hydrogen) atoms. The van der Waals surface area contributed by atoms with Gasteiger partial charge in [-0.1, -0.05) is 52.3 Å². The van der Waals surface area contributed by atoms with Crippen LogP contribution in [0.2, 0.25) is 0 Å². The van der Waals surface area contributed by atoms with Crippen molar-refractivity contribution in [2.75, 3.05) is 0 Å². The molecular weight excluding hydrogens is 338 g/mol. The van der Waals surface area contributed by atoms with Gasteiger partial charge in [-0.2, -0.15) is 0 Å². The van der Waals surface area contributed by atoms with Crippen LogP contribution in [0, 0.1) is 0 Å². The Balaban J connectivity index is 1.66. The smallest absolute Gasteiger partial charge is 0.244 e. The van der Waals surface area contributed by atoms with E-state index in [4.69, 9.17) is 0 Å². The molecule has 0 fully saturated rings. The van der Waals surface area contributed by atoms with Crippen molar-refractivity contribution in [3.63, 3.8) is 0 Å². The molecule has 2 aromatic rings. The van der Waals surface area contributed by atoms with Gasteiger partial charge in [-0.3, -0.25) is 4.79 Å². The molecule has 0 unspecified atom stereocenters. The second kappa shape index (κ2) is 6.93. The summed E-state index contributed by atoms with van der Waals surface area (Å²) in [5.74, 6) is -0.0374. The molecular formula is C19H18BrNO. The van der Waals surface area contributed by atoms with E-state index in [1.165, 1.54) is 11.1 Å². The number of halogens is 1. The predicted molar refractivity (Wildman–Crippen MR) is 93.4 cm³/mol. The standard InChI is InChI=1S/C19H18BrNO/c20-16-11-8-14(9-12-16)10-13-19(22)21-18-7-3-5-15-4-1-2-6-17(15)18/h1-2,4,6,8-13,18H,3,5,7H2,(H,21,22)/b13-10+/t18-/m1/s1. The first-order chi connectivity index (χ1) is 10.7. The predicted octanol–water partition coefficient (Wildman–Crippen LogP) is 4.66. The molecule has 112 valence electrons. The number of aryl methyl sites for hydroxylation is 1. The van der Waals surface area contributed by atoms with Gasteiger partial charge in [0.25, 0.3) is 0 Å². The first-order valence-corrected chi connectivity index (χ1v) is 8.33. The number of carbonyl (C=O) groups excluding carboxylic acids is 1. The Hall–Kier alpha value is -1.87. The fourth-order valence-electron chi connectivity index (χ4n) is 2.87. The van der Waals surface area contributed by atoms with Gasteiger partial charge >= 0.3 is 0 Å². The Morgan fingerprint density at radius 1 is 1.14 bits per heavy atom. The third-order valence-corrected chi connectivity index (χ3v) is 4.51. The van der Waals surface area contributed by atoms with Crippen LogP contribution in [0.25, 0.3) is 6.08 Å². The van der Waals surface area contributed by atoms with Gasteiger partial charge in [0, 0.05) is 10.5 Å². The Morgan fingerprint density at radius 3 is 2.73 bits per heavy atom. The summed E-state index contributed by atoms with van der Waals surface area (Å²) in [5.41, 5.74) is 3.64. The summed E-state index contributed by atoms with van der Waals surface area (Å²) in [6.07, 6.45) is 6.70. The molecule has 1 N–H and O–H groups in total. The Labute approximate surface area is 139 Å². The minimum absolute atomic E-state index is 0.0374. The number of rotatable bonds is 3. The normalized spacial score (nSPS) is 17.2. The lowest BCUT2D eigenvalue weighted by Gasteiger charge is -2.25. The number of hydrogen-bond acceptors (Lipinski definition) is 1. The zero-order valence-corrected chi connectivity index (χ0v) is 13.8. The summed E-state index contributed by atoms with van der Waals surface area (Å²) >= 11 is 3.40. The van der Waals surface area contributed by atoms with Crippen LogP contribution in [-0.2, 0) is 11.2 Å². The quantitative estimate of drug-likeness (QED) is 0.797. The van der Waals surface area contributed by atoms with Crippen LogP contribution >= 0.6 is 15.9 Å². The maximum atomic E-state index is 12.2. The average molecular weight is 356 g/mol. The first kappa shape index (κ1) is 15.0. The average Bonchev–Trinajstić information content (AvgIpc) is 2.55. The zero-order chi connectivity index (χ0) is 15.4. The minimum Gasteiger partial charge on any atom is -0.346 e. The number of carbonyl (C=O) groups is 1. The number of nitrogens with one attached hydrogen (secondary N) is 1. The molecule has 0 bridgehead atoms. The summed E-state index contributed by atoms with van der Waals surface area (Å²) in [6, 6.07) is 16.4. The van der Waals surface area contributed by atoms with Gasteiger partial charge in [-0.05, 0) is 54.2 Å². The molecule has 3 rings (SSSR count). The third-order valence-electron chi connectivity index (χ3n) is 3.98. The largest absolute Gasteiger partial charge is 0.346 e. The van der Waals surface area contributed by atoms with Crippen LogP contribution in [0.1, 0.15) is 35.6 Å². The van der Waals surface area contributed by atoms with Gasteiger partial charge in [0.1, 0.15) is 0 Å². The van der Waals surface area contributed by atoms with Gasteiger partial charge in [-0.25, -0.2) is 0 Å². The monoisotopic (exact) mass is 355 g/mol. The van der Waals surface area contributed by atoms with E-state index in [0.29, 0.717) is 0 Å². The maximum absolute atomic E-state index is 12.2. The maximum Gasteiger partial charge on any atom is 0.244 e. The lowest BCUT2D eigenvalue weighted by atomic mass is 9.88. The van der Waals surface area contributed by atoms with Crippen LogP contribution in [-0.4, -0.2) is 5.91 Å². The molecule has 0 aromatic heterocycles. The lowest BCUT2D eigenvalue weighted by molar-refractivity contribution is -0.117. The summed E-state index contributed by atoms with van der Waals surface area (Å²) in [5, 5.41) is 3.12. The van der Waals surface area contributed by atoms with E-state index in [1.54, 1.807) is 6.08 Å². The highest BCUT2D eigenvalue weighted by molar-refractivity contribution is 9.10. The van der Waals surface area contributed by atoms with Crippen LogP contribution in [0.15, 0.2) is 59.1 Å². The third kappa shape index (κ3) is 3.66. The lowest BCUT2D eigenvalue weighted by Crippen LogP contribution is -2.29. The molecule has 0 aliphatic heterocycles. The van der Waals surface area contributed by atoms with Gasteiger partial charge < -0.3 is 5.32 Å². The topological polar surface area (TPSA) is 29.1 Å². The molecule has 0 spiro atoms. The van der Waals surface area contributed by atoms with Crippen molar-refractivity contribution in [2.45, 2.75) is 25.3 Å². The molecule has 1 atom stereocenters. The van der Waals surface area contributed by atoms with Crippen LogP contribution in [0.3, 0.4) is 0 Å². The molecule has 1 aliphatic rings. The van der Waals surface area contributed by atoms with Crippen molar-refractivity contribution in [1.29, 1.82) is 0 Å². The minimum atomic E-state index is -0.0374. The molecule has 0 heterocycles. The summed E-state index contributed by atoms with van der Waals surface area (Å²) in [7, 11) is 0. The first-order valence-electron chi connectivity index (χ1n) is 7.54. The van der Waals surface area contributed by atoms with Gasteiger partial charge in [0.2, 0.25) is 5.91 Å². The van der Waals surface area contributed by atoms with E-state index in [-0.39, 0.29) is 11.9 Å². The van der Waals surface area contributed by atoms with Crippen molar-refractivity contribution in [1.82, 2.24) is 5.32 Å². The summed E-state index contributed by atoms with van der Waals surface area (Å²) in [6.45, 7) is 0. The molecule has 1 amide bonds. The molecule has 2 aromatic carbocycles. The van der Waals surface area contributed by atoms with E-state index in [0.717, 1.165) is 29.3 Å². The molecule has 0 radical (unpaired) electrons. The molecule has 0 saturated heterocycles. The van der Waals surface area contributed by atoms with Crippen molar-refractivity contribution < 1.29 is 4.79 Å². The van der Waals surface area contributed by atoms with Crippen LogP contribution in [0.5, 0.6) is 0 Å². The van der Waals surface area contributed by atoms with E-state index in [9.17, 15) is 4.79 Å². The van der Waals surface area contributed by atoms with Gasteiger partial charge in [0.05, 0.1) is 6.04 Å². The zero-order valence-electron chi connectivity index (χ0n) is 12.3. The Kier molecular flexibility index (Phi) is 4.74. The fraction of sp³-hybridized carbons (Fsp3) is 0.211. The fourth-order valence-corrected chi connectivity index (χ4v) is 3.13. The second-order valence-corrected chi connectivity index (χ2v) is 6.45. The molecule has 3 heteroatoms. The van der Waals surface area contributed by atoms with E-state index in [1.807, 2.05) is 36.4 Å². The highest BCUT2D eigenvalue weighted by Gasteiger charge is 2.20. The highest BCUT2D eigenvalue weighted by atomic mass is 79.9. The van der Waals surface area contributed by atoms with Crippen molar-refractivity contribution in [3.05, 3.63) is 75.8 Å². The van der Waals surface area contributed by atoms with Crippen LogP contribution in [0.4, 0.5) is 0 Å². The van der Waals surface area contributed by atoms with Gasteiger partial charge in [0.15, 0.2) is 0 Å². The van der Waals surface area contributed by atoms with E-state index < -0.39 is 0 Å². The Morgan fingerprint density at radius 2 is 1.91 bits per heavy atom.